The fraction of sp³-hybridized carbons (Fsp3) is 1.00. The minimum atomic E-state index is 0.811. The second-order valence-corrected chi connectivity index (χ2v) is 5.56. The second kappa shape index (κ2) is 8.11. The Bertz CT molecular complexity index is 167. The molecule has 1 N–H and O–H groups in total. The van der Waals surface area contributed by atoms with Gasteiger partial charge in [-0.3, -0.25) is 0 Å². The normalized spacial score (nSPS) is 29.8. The molecule has 1 nitrogen and oxygen atoms in total. The van der Waals surface area contributed by atoms with E-state index in [1.165, 1.54) is 51.4 Å². The lowest BCUT2D eigenvalue weighted by Crippen LogP contribution is -2.32. The van der Waals surface area contributed by atoms with Gasteiger partial charge in [-0.25, -0.2) is 0 Å². The predicted octanol–water partition coefficient (Wildman–Crippen LogP) is 4.37. The Morgan fingerprint density at radius 3 is 2.44 bits per heavy atom. The molecule has 0 bridgehead atoms. The summed E-state index contributed by atoms with van der Waals surface area (Å²) >= 11 is 0. The number of hydrogen-bond acceptors (Lipinski definition) is 1. The Kier molecular flexibility index (Phi) is 7.11. The van der Waals surface area contributed by atoms with Gasteiger partial charge >= 0.3 is 0 Å². The fourth-order valence-corrected chi connectivity index (χ4v) is 3.22. The van der Waals surface area contributed by atoms with Gasteiger partial charge in [0.15, 0.2) is 0 Å². The van der Waals surface area contributed by atoms with Gasteiger partial charge in [0.2, 0.25) is 0 Å². The first-order valence-corrected chi connectivity index (χ1v) is 7.53. The summed E-state index contributed by atoms with van der Waals surface area (Å²) in [7, 11) is 0. The zero-order valence-corrected chi connectivity index (χ0v) is 11.6. The topological polar surface area (TPSA) is 12.0 Å². The van der Waals surface area contributed by atoms with Crippen LogP contribution in [0, 0.1) is 11.8 Å². The van der Waals surface area contributed by atoms with Crippen molar-refractivity contribution in [2.24, 2.45) is 11.8 Å². The van der Waals surface area contributed by atoms with Crippen LogP contribution >= 0.6 is 0 Å². The SMILES string of the molecule is CCCCCCCC1CCC(NCC)C1C. The lowest BCUT2D eigenvalue weighted by Gasteiger charge is -2.21. The highest BCUT2D eigenvalue weighted by Gasteiger charge is 2.31. The summed E-state index contributed by atoms with van der Waals surface area (Å²) in [4.78, 5) is 0. The van der Waals surface area contributed by atoms with E-state index in [-0.39, 0.29) is 0 Å². The van der Waals surface area contributed by atoms with Crippen molar-refractivity contribution in [2.75, 3.05) is 6.54 Å². The lowest BCUT2D eigenvalue weighted by atomic mass is 9.90. The first-order chi connectivity index (χ1) is 7.79. The largest absolute Gasteiger partial charge is 0.314 e. The Balaban J connectivity index is 2.09. The molecule has 3 unspecified atom stereocenters. The molecule has 1 aliphatic carbocycles. The summed E-state index contributed by atoms with van der Waals surface area (Å²) in [5, 5.41) is 3.63. The van der Waals surface area contributed by atoms with Crippen molar-refractivity contribution in [3.8, 4) is 0 Å². The van der Waals surface area contributed by atoms with E-state index in [9.17, 15) is 0 Å². The smallest absolute Gasteiger partial charge is 0.00953 e. The molecule has 0 saturated heterocycles. The molecule has 1 saturated carbocycles. The van der Waals surface area contributed by atoms with Crippen molar-refractivity contribution in [1.29, 1.82) is 0 Å². The summed E-state index contributed by atoms with van der Waals surface area (Å²) < 4.78 is 0. The number of hydrogen-bond donors (Lipinski definition) is 1. The second-order valence-electron chi connectivity index (χ2n) is 5.56. The molecule has 0 aromatic carbocycles. The van der Waals surface area contributed by atoms with E-state index in [1.54, 1.807) is 0 Å². The molecule has 0 spiro atoms. The van der Waals surface area contributed by atoms with Crippen LogP contribution in [0.5, 0.6) is 0 Å². The van der Waals surface area contributed by atoms with Crippen molar-refractivity contribution in [3.63, 3.8) is 0 Å². The zero-order valence-electron chi connectivity index (χ0n) is 11.6. The van der Waals surface area contributed by atoms with E-state index in [4.69, 9.17) is 0 Å². The average Bonchev–Trinajstić information content (AvgIpc) is 2.62. The standard InChI is InChI=1S/C15H31N/c1-4-6-7-8-9-10-14-11-12-15(13(14)3)16-5-2/h13-16H,4-12H2,1-3H3. The molecule has 1 fully saturated rings. The predicted molar refractivity (Wildman–Crippen MR) is 72.7 cm³/mol. The Morgan fingerprint density at radius 2 is 1.75 bits per heavy atom. The molecule has 0 amide bonds. The van der Waals surface area contributed by atoms with Crippen molar-refractivity contribution in [1.82, 2.24) is 5.32 Å². The monoisotopic (exact) mass is 225 g/mol. The average molecular weight is 225 g/mol. The van der Waals surface area contributed by atoms with Crippen LogP contribution in [0.2, 0.25) is 0 Å². The third kappa shape index (κ3) is 4.45. The third-order valence-corrected chi connectivity index (χ3v) is 4.37. The van der Waals surface area contributed by atoms with Crippen molar-refractivity contribution >= 4 is 0 Å². The first kappa shape index (κ1) is 14.0. The molecule has 1 heteroatoms. The summed E-state index contributed by atoms with van der Waals surface area (Å²) in [5.74, 6) is 1.91. The van der Waals surface area contributed by atoms with Crippen LogP contribution in [-0.4, -0.2) is 12.6 Å². The Hall–Kier alpha value is -0.0400. The summed E-state index contributed by atoms with van der Waals surface area (Å²) in [6.07, 6.45) is 11.5. The summed E-state index contributed by atoms with van der Waals surface area (Å²) in [5.41, 5.74) is 0. The molecular weight excluding hydrogens is 194 g/mol. The maximum Gasteiger partial charge on any atom is 0.00953 e. The molecule has 1 rings (SSSR count). The number of unbranched alkanes of at least 4 members (excludes halogenated alkanes) is 4. The van der Waals surface area contributed by atoms with Gasteiger partial charge in [0.25, 0.3) is 0 Å². The van der Waals surface area contributed by atoms with Crippen molar-refractivity contribution < 1.29 is 0 Å². The highest BCUT2D eigenvalue weighted by molar-refractivity contribution is 4.86. The molecule has 3 atom stereocenters. The quantitative estimate of drug-likeness (QED) is 0.605. The highest BCUT2D eigenvalue weighted by atomic mass is 14.9. The van der Waals surface area contributed by atoms with Gasteiger partial charge in [-0.2, -0.15) is 0 Å². The fourth-order valence-electron chi connectivity index (χ4n) is 3.22. The minimum absolute atomic E-state index is 0.811. The van der Waals surface area contributed by atoms with Crippen LogP contribution in [-0.2, 0) is 0 Å². The van der Waals surface area contributed by atoms with Crippen LogP contribution in [0.3, 0.4) is 0 Å². The number of rotatable bonds is 8. The van der Waals surface area contributed by atoms with E-state index in [0.29, 0.717) is 0 Å². The van der Waals surface area contributed by atoms with E-state index < -0.39 is 0 Å². The van der Waals surface area contributed by atoms with E-state index in [2.05, 4.69) is 26.1 Å². The van der Waals surface area contributed by atoms with Crippen LogP contribution in [0.1, 0.15) is 72.1 Å². The van der Waals surface area contributed by atoms with Gasteiger partial charge in [0.05, 0.1) is 0 Å². The van der Waals surface area contributed by atoms with E-state index in [0.717, 1.165) is 24.4 Å². The number of nitrogens with one attached hydrogen (secondary N) is 1. The maximum atomic E-state index is 3.63. The highest BCUT2D eigenvalue weighted by Crippen LogP contribution is 2.35. The van der Waals surface area contributed by atoms with E-state index >= 15 is 0 Å². The van der Waals surface area contributed by atoms with Crippen LogP contribution in [0.4, 0.5) is 0 Å². The molecular formula is C15H31N. The van der Waals surface area contributed by atoms with Crippen LogP contribution < -0.4 is 5.32 Å². The molecule has 0 heterocycles. The molecule has 16 heavy (non-hydrogen) atoms. The van der Waals surface area contributed by atoms with Gasteiger partial charge < -0.3 is 5.32 Å². The summed E-state index contributed by atoms with van der Waals surface area (Å²) in [6.45, 7) is 8.11. The zero-order chi connectivity index (χ0) is 11.8. The van der Waals surface area contributed by atoms with E-state index in [1.807, 2.05) is 0 Å². The molecule has 96 valence electrons. The minimum Gasteiger partial charge on any atom is -0.314 e. The van der Waals surface area contributed by atoms with Gasteiger partial charge in [-0.1, -0.05) is 59.3 Å². The van der Waals surface area contributed by atoms with Gasteiger partial charge in [0.1, 0.15) is 0 Å². The first-order valence-electron chi connectivity index (χ1n) is 7.53. The lowest BCUT2D eigenvalue weighted by molar-refractivity contribution is 0.331. The molecule has 0 aromatic heterocycles. The maximum absolute atomic E-state index is 3.63. The Labute approximate surface area is 102 Å². The van der Waals surface area contributed by atoms with Gasteiger partial charge in [-0.15, -0.1) is 0 Å². The Morgan fingerprint density at radius 1 is 1.00 bits per heavy atom. The van der Waals surface area contributed by atoms with Gasteiger partial charge in [-0.05, 0) is 31.2 Å². The molecule has 0 aliphatic heterocycles. The van der Waals surface area contributed by atoms with Gasteiger partial charge in [0, 0.05) is 6.04 Å². The van der Waals surface area contributed by atoms with Crippen LogP contribution in [0.25, 0.3) is 0 Å². The van der Waals surface area contributed by atoms with Crippen molar-refractivity contribution in [3.05, 3.63) is 0 Å². The molecule has 0 aromatic rings. The summed E-state index contributed by atoms with van der Waals surface area (Å²) in [6, 6.07) is 0.811. The molecule has 0 radical (unpaired) electrons. The van der Waals surface area contributed by atoms with Crippen molar-refractivity contribution in [2.45, 2.75) is 78.2 Å². The third-order valence-electron chi connectivity index (χ3n) is 4.37. The molecule has 1 aliphatic rings. The van der Waals surface area contributed by atoms with Crippen LogP contribution in [0.15, 0.2) is 0 Å².